The number of carbonyl (C=O) groups excluding carboxylic acids is 1. The summed E-state index contributed by atoms with van der Waals surface area (Å²) in [6.07, 6.45) is 4.25. The number of hydrogen-bond acceptors (Lipinski definition) is 7. The molecule has 0 saturated carbocycles. The minimum Gasteiger partial charge on any atom is -0.462 e. The number of esters is 1. The Labute approximate surface area is 268 Å². The van der Waals surface area contributed by atoms with Gasteiger partial charge in [-0.2, -0.15) is 18.0 Å². The van der Waals surface area contributed by atoms with E-state index in [-0.39, 0.29) is 27.9 Å². The van der Waals surface area contributed by atoms with Crippen LogP contribution in [0, 0.1) is 13.8 Å². The van der Waals surface area contributed by atoms with Crippen LogP contribution in [-0.2, 0) is 27.3 Å². The van der Waals surface area contributed by atoms with Gasteiger partial charge in [0.15, 0.2) is 0 Å². The minimum absolute atomic E-state index is 0.0433. The predicted molar refractivity (Wildman–Crippen MR) is 180 cm³/mol. The lowest BCUT2D eigenvalue weighted by Gasteiger charge is -2.29. The molecule has 0 aliphatic carbocycles. The summed E-state index contributed by atoms with van der Waals surface area (Å²) >= 11 is 0. The van der Waals surface area contributed by atoms with Gasteiger partial charge in [0.25, 0.3) is 15.7 Å². The van der Waals surface area contributed by atoms with Gasteiger partial charge >= 0.3 is 5.97 Å². The first-order chi connectivity index (χ1) is 21.7. The van der Waals surface area contributed by atoms with Crippen LogP contribution >= 0.6 is 0 Å². The molecule has 3 aromatic carbocycles. The maximum Gasteiger partial charge on any atom is 0.338 e. The molecular weight excluding hydrogens is 604 g/mol. The van der Waals surface area contributed by atoms with Crippen molar-refractivity contribution in [2.75, 3.05) is 18.6 Å². The Morgan fingerprint density at radius 3 is 2.37 bits per heavy atom. The quantitative estimate of drug-likeness (QED) is 0.191. The van der Waals surface area contributed by atoms with E-state index in [1.807, 2.05) is 74.9 Å². The van der Waals surface area contributed by atoms with Crippen molar-refractivity contribution in [3.8, 4) is 0 Å². The molecule has 0 amide bonds. The lowest BCUT2D eigenvalue weighted by molar-refractivity contribution is 0.0526. The maximum atomic E-state index is 13.1. The van der Waals surface area contributed by atoms with Crippen molar-refractivity contribution in [2.45, 2.75) is 51.0 Å². The molecule has 46 heavy (non-hydrogen) atoms. The lowest BCUT2D eigenvalue weighted by atomic mass is 9.79. The van der Waals surface area contributed by atoms with Gasteiger partial charge in [0.05, 0.1) is 39.7 Å². The minimum atomic E-state index is -4.02. The fourth-order valence-electron chi connectivity index (χ4n) is 6.12. The topological polar surface area (TPSA) is 123 Å². The molecule has 0 saturated heterocycles. The fourth-order valence-corrected chi connectivity index (χ4v) is 6.60. The van der Waals surface area contributed by atoms with Crippen molar-refractivity contribution < 1.29 is 22.5 Å². The third-order valence-electron chi connectivity index (χ3n) is 8.59. The van der Waals surface area contributed by atoms with Crippen molar-refractivity contribution in [1.29, 1.82) is 0 Å². The molecule has 1 aliphatic rings. The number of anilines is 1. The van der Waals surface area contributed by atoms with Crippen LogP contribution < -0.4 is 10.5 Å². The molecule has 3 heterocycles. The number of para-hydroxylation sites is 1. The first-order valence-electron chi connectivity index (χ1n) is 14.9. The molecule has 5 aromatic rings. The second-order valence-electron chi connectivity index (χ2n) is 12.0. The van der Waals surface area contributed by atoms with Crippen LogP contribution in [0.3, 0.4) is 0 Å². The number of fused-ring (bicyclic) bond motifs is 3. The third-order valence-corrected chi connectivity index (χ3v) is 9.46. The molecule has 0 fully saturated rings. The molecule has 2 aromatic heterocycles. The van der Waals surface area contributed by atoms with Gasteiger partial charge in [0.1, 0.15) is 5.65 Å². The Hall–Kier alpha value is -4.74. The van der Waals surface area contributed by atoms with E-state index < -0.39 is 10.1 Å². The van der Waals surface area contributed by atoms with Crippen LogP contribution in [0.4, 0.5) is 5.69 Å². The average Bonchev–Trinajstić information content (AvgIpc) is 3.44. The normalized spacial score (nSPS) is 15.7. The Bertz CT molecular complexity index is 2160. The molecule has 1 unspecified atom stereocenters. The van der Waals surface area contributed by atoms with Crippen molar-refractivity contribution >= 4 is 44.4 Å². The second-order valence-corrected chi connectivity index (χ2v) is 13.4. The van der Waals surface area contributed by atoms with Gasteiger partial charge in [0, 0.05) is 30.8 Å². The van der Waals surface area contributed by atoms with Gasteiger partial charge in [-0.15, -0.1) is 0 Å². The number of aromatic nitrogens is 3. The standard InChI is InChI=1S/C28H30N4O3.C7H8O3S/c1-7-35-27(34)18-12-14-23-21(16-18)28(3,4)24(30(23)5)15-13-19-17(2)29-32-25(19)31(6)22-11-9-8-10-20(22)26(32)33;1-6-2-4-7(5-3-6)11(8,9)10/h8-16,24H,7H2,1-6H3;2-5H,1H3,(H,8,9,10). The van der Waals surface area contributed by atoms with E-state index in [9.17, 15) is 18.0 Å². The molecule has 240 valence electrons. The fraction of sp³-hybridized carbons (Fsp3) is 0.286. The molecule has 1 atom stereocenters. The summed E-state index contributed by atoms with van der Waals surface area (Å²) in [5, 5.41) is 5.22. The van der Waals surface area contributed by atoms with E-state index in [0.717, 1.165) is 39.2 Å². The molecule has 0 radical (unpaired) electrons. The zero-order valence-corrected chi connectivity index (χ0v) is 27.8. The van der Waals surface area contributed by atoms with Gasteiger partial charge in [0.2, 0.25) is 0 Å². The first kappa shape index (κ1) is 32.6. The Morgan fingerprint density at radius 2 is 1.72 bits per heavy atom. The highest BCUT2D eigenvalue weighted by molar-refractivity contribution is 7.85. The molecule has 6 rings (SSSR count). The average molecular weight is 643 g/mol. The van der Waals surface area contributed by atoms with Crippen molar-refractivity contribution in [3.63, 3.8) is 0 Å². The van der Waals surface area contributed by atoms with E-state index in [2.05, 4.69) is 43.0 Å². The zero-order chi connectivity index (χ0) is 33.6. The van der Waals surface area contributed by atoms with Crippen LogP contribution in [0.2, 0.25) is 0 Å². The number of rotatable bonds is 5. The molecule has 0 spiro atoms. The highest BCUT2D eigenvalue weighted by atomic mass is 32.2. The summed E-state index contributed by atoms with van der Waals surface area (Å²) < 4.78 is 38.3. The van der Waals surface area contributed by atoms with Gasteiger partial charge in [-0.25, -0.2) is 4.79 Å². The van der Waals surface area contributed by atoms with Gasteiger partial charge < -0.3 is 14.2 Å². The molecule has 11 heteroatoms. The lowest BCUT2D eigenvalue weighted by Crippen LogP contribution is -2.37. The van der Waals surface area contributed by atoms with Crippen LogP contribution in [0.5, 0.6) is 0 Å². The van der Waals surface area contributed by atoms with Crippen molar-refractivity contribution in [1.82, 2.24) is 14.2 Å². The van der Waals surface area contributed by atoms with Gasteiger partial charge in [-0.1, -0.05) is 55.8 Å². The Morgan fingerprint density at radius 1 is 1.04 bits per heavy atom. The number of likely N-dealkylation sites (N-methyl/N-ethyl adjacent to an activating group) is 1. The van der Waals surface area contributed by atoms with E-state index in [4.69, 9.17) is 9.29 Å². The second kappa shape index (κ2) is 12.2. The summed E-state index contributed by atoms with van der Waals surface area (Å²) in [5.41, 5.74) is 6.71. The van der Waals surface area contributed by atoms with Gasteiger partial charge in [-0.05, 0) is 68.8 Å². The first-order valence-corrected chi connectivity index (χ1v) is 16.3. The Kier molecular flexibility index (Phi) is 8.67. The molecule has 10 nitrogen and oxygen atoms in total. The molecular formula is C35H38N4O6S. The van der Waals surface area contributed by atoms with E-state index in [1.54, 1.807) is 12.1 Å². The van der Waals surface area contributed by atoms with Crippen LogP contribution in [0.1, 0.15) is 53.5 Å². The van der Waals surface area contributed by atoms with Gasteiger partial charge in [-0.3, -0.25) is 9.35 Å². The molecule has 1 N–H and O–H groups in total. The smallest absolute Gasteiger partial charge is 0.338 e. The van der Waals surface area contributed by atoms with E-state index in [0.29, 0.717) is 17.6 Å². The number of benzene rings is 3. The molecule has 1 aliphatic heterocycles. The summed E-state index contributed by atoms with van der Waals surface area (Å²) in [6.45, 7) is 10.3. The maximum absolute atomic E-state index is 13.1. The van der Waals surface area contributed by atoms with Crippen LogP contribution in [0.25, 0.3) is 22.6 Å². The number of hydrogen-bond donors (Lipinski definition) is 1. The largest absolute Gasteiger partial charge is 0.462 e. The van der Waals surface area contributed by atoms with E-state index in [1.165, 1.54) is 16.6 Å². The summed E-state index contributed by atoms with van der Waals surface area (Å²) in [6, 6.07) is 19.4. The SMILES string of the molecule is CCOC(=O)c1ccc2c(c1)C(C)(C)C(C=Cc1c(C)nn3c(=O)c4ccccc4n(C)c13)N2C.Cc1ccc(S(=O)(=O)O)cc1. The third kappa shape index (κ3) is 5.83. The monoisotopic (exact) mass is 642 g/mol. The highest BCUT2D eigenvalue weighted by Gasteiger charge is 2.42. The number of ether oxygens (including phenoxy) is 1. The highest BCUT2D eigenvalue weighted by Crippen LogP contribution is 2.45. The van der Waals surface area contributed by atoms with Crippen molar-refractivity contribution in [2.24, 2.45) is 7.05 Å². The van der Waals surface area contributed by atoms with E-state index >= 15 is 0 Å². The predicted octanol–water partition coefficient (Wildman–Crippen LogP) is 5.72. The molecule has 0 bridgehead atoms. The van der Waals surface area contributed by atoms with Crippen molar-refractivity contribution in [3.05, 3.63) is 111 Å². The number of aryl methyl sites for hydroxylation is 3. The van der Waals surface area contributed by atoms with Crippen LogP contribution in [-0.4, -0.2) is 52.8 Å². The summed E-state index contributed by atoms with van der Waals surface area (Å²) in [5.74, 6) is -0.303. The summed E-state index contributed by atoms with van der Waals surface area (Å²) in [4.78, 5) is 27.6. The van der Waals surface area contributed by atoms with Crippen LogP contribution in [0.15, 0.2) is 82.5 Å². The number of nitrogens with zero attached hydrogens (tertiary/aromatic N) is 4. The number of carbonyl (C=O) groups is 1. The zero-order valence-electron chi connectivity index (χ0n) is 27.0. The summed E-state index contributed by atoms with van der Waals surface area (Å²) in [7, 11) is 0.0149. The Balaban J connectivity index is 0.000000322.